The molecule has 5 rings (SSSR count). The molecule has 3 aromatic rings. The van der Waals surface area contributed by atoms with Gasteiger partial charge in [0, 0.05) is 35.4 Å². The van der Waals surface area contributed by atoms with Crippen molar-refractivity contribution >= 4 is 54.6 Å². The molecule has 0 saturated heterocycles. The predicted molar refractivity (Wildman–Crippen MR) is 191 cm³/mol. The third-order valence-electron chi connectivity index (χ3n) is 7.99. The summed E-state index contributed by atoms with van der Waals surface area (Å²) >= 11 is 0. The second-order valence-corrected chi connectivity index (χ2v) is 15.6. The average Bonchev–Trinajstić information content (AvgIpc) is 3.64. The van der Waals surface area contributed by atoms with Crippen LogP contribution in [-0.2, 0) is 20.2 Å². The fourth-order valence-corrected chi connectivity index (χ4v) is 6.53. The minimum Gasteiger partial charge on any atom is -0.744 e. The van der Waals surface area contributed by atoms with Crippen LogP contribution >= 0.6 is 0 Å². The van der Waals surface area contributed by atoms with Gasteiger partial charge in [0.25, 0.3) is 0 Å². The summed E-state index contributed by atoms with van der Waals surface area (Å²) in [5, 5.41) is 27.6. The number of benzene rings is 3. The van der Waals surface area contributed by atoms with E-state index in [0.29, 0.717) is 49.2 Å². The molecule has 272 valence electrons. The number of hydrogen-bond donors (Lipinski definition) is 2. The standard InChI is InChI=1S/C34H37N9O7S2.2K/c1-22-17-25(42(15-5-13-35)16-6-14-36)11-12-29(22)38-30-31(34(2,3)4)40-43-33(30)39-32(41-43)23-7-9-24(10-8-23)37-21-50-26-18-27(51(44,45)46)20-28(19-26)52(47,48)49;;/h7-12,17-20,33,37H,5-6,15-16,21H2,1-4H3,(H,39,41)(H,44,45,46)(H,47,48,49);;/q;2*+1/p-2. The molecule has 2 aliphatic rings. The van der Waals surface area contributed by atoms with Crippen molar-refractivity contribution in [2.75, 3.05) is 30.0 Å². The van der Waals surface area contributed by atoms with E-state index in [4.69, 9.17) is 30.3 Å². The molecule has 2 aliphatic heterocycles. The third-order valence-corrected chi connectivity index (χ3v) is 9.61. The molecule has 1 atom stereocenters. The number of aryl methyl sites for hydroxylation is 1. The Hall–Kier alpha value is -2.26. The third kappa shape index (κ3) is 11.6. The fraction of sp³-hybridized carbons (Fsp3) is 0.324. The van der Waals surface area contributed by atoms with Crippen molar-refractivity contribution in [1.29, 1.82) is 10.5 Å². The molecule has 20 heteroatoms. The summed E-state index contributed by atoms with van der Waals surface area (Å²) in [5.41, 5.74) is 8.25. The van der Waals surface area contributed by atoms with Gasteiger partial charge in [0.05, 0.1) is 46.2 Å². The van der Waals surface area contributed by atoms with E-state index in [2.05, 4.69) is 43.7 Å². The van der Waals surface area contributed by atoms with Crippen molar-refractivity contribution < 1.29 is 133 Å². The second-order valence-electron chi connectivity index (χ2n) is 12.9. The number of fused-ring (bicyclic) bond motifs is 1. The summed E-state index contributed by atoms with van der Waals surface area (Å²) in [5.74, 6) is 0.254. The first-order valence-electron chi connectivity index (χ1n) is 15.9. The van der Waals surface area contributed by atoms with Crippen LogP contribution in [0.1, 0.15) is 44.7 Å². The Morgan fingerprint density at radius 2 is 1.54 bits per heavy atom. The van der Waals surface area contributed by atoms with Crippen LogP contribution in [0.2, 0.25) is 0 Å². The molecule has 2 heterocycles. The van der Waals surface area contributed by atoms with Crippen LogP contribution in [0.25, 0.3) is 0 Å². The van der Waals surface area contributed by atoms with Crippen LogP contribution in [0.3, 0.4) is 0 Å². The zero-order valence-electron chi connectivity index (χ0n) is 30.7. The molecule has 0 saturated carbocycles. The smallest absolute Gasteiger partial charge is 0.744 e. The van der Waals surface area contributed by atoms with Gasteiger partial charge in [0.15, 0.2) is 12.6 Å². The maximum absolute atomic E-state index is 11.5. The SMILES string of the molecule is Cc1cc(N(CCC#N)CCC#N)ccc1N=C1C(C(C)(C)C)=NN2NC(c3ccc(NCOc4cc(S(=O)(=O)[O-])cc(S(=O)(=O)[O-])c4)cc3)=NC12.[K+].[K+]. The van der Waals surface area contributed by atoms with Crippen molar-refractivity contribution in [1.82, 2.24) is 10.5 Å². The number of hydrazine groups is 1. The molecule has 0 radical (unpaired) electrons. The van der Waals surface area contributed by atoms with Gasteiger partial charge in [-0.2, -0.15) is 20.7 Å². The minimum atomic E-state index is -5.05. The fourth-order valence-electron chi connectivity index (χ4n) is 5.40. The van der Waals surface area contributed by atoms with Gasteiger partial charge in [0.2, 0.25) is 6.17 Å². The van der Waals surface area contributed by atoms with E-state index in [1.807, 2.05) is 30.0 Å². The van der Waals surface area contributed by atoms with E-state index in [0.717, 1.165) is 40.3 Å². The number of nitrogens with zero attached hydrogens (tertiary/aromatic N) is 7. The molecule has 2 N–H and O–H groups in total. The van der Waals surface area contributed by atoms with Gasteiger partial charge in [-0.1, -0.05) is 20.8 Å². The summed E-state index contributed by atoms with van der Waals surface area (Å²) in [6, 6.07) is 19.4. The largest absolute Gasteiger partial charge is 1.00 e. The van der Waals surface area contributed by atoms with Crippen molar-refractivity contribution in [2.45, 2.75) is 56.5 Å². The number of anilines is 2. The van der Waals surface area contributed by atoms with Crippen LogP contribution in [0.15, 0.2) is 85.5 Å². The Morgan fingerprint density at radius 3 is 2.06 bits per heavy atom. The Labute approximate surface area is 400 Å². The molecule has 1 unspecified atom stereocenters. The number of hydrazone groups is 1. The number of hydrogen-bond acceptors (Lipinski definition) is 16. The zero-order valence-corrected chi connectivity index (χ0v) is 38.6. The van der Waals surface area contributed by atoms with Crippen LogP contribution in [0, 0.1) is 35.0 Å². The molecule has 0 spiro atoms. The summed E-state index contributed by atoms with van der Waals surface area (Å²) in [6.07, 6.45) is 0.150. The molecule has 54 heavy (non-hydrogen) atoms. The second kappa shape index (κ2) is 19.3. The van der Waals surface area contributed by atoms with Crippen molar-refractivity contribution in [2.24, 2.45) is 20.5 Å². The monoisotopic (exact) mass is 823 g/mol. The number of rotatable bonds is 13. The number of nitrogens with one attached hydrogen (secondary N) is 2. The summed E-state index contributed by atoms with van der Waals surface area (Å²) in [7, 11) is -10.1. The number of ether oxygens (including phenoxy) is 1. The maximum atomic E-state index is 11.5. The number of nitriles is 2. The molecule has 3 aromatic carbocycles. The van der Waals surface area contributed by atoms with Crippen LogP contribution in [-0.4, -0.2) is 74.3 Å². The summed E-state index contributed by atoms with van der Waals surface area (Å²) in [6.45, 7) is 8.89. The van der Waals surface area contributed by atoms with Crippen LogP contribution < -0.4 is 123 Å². The van der Waals surface area contributed by atoms with Crippen molar-refractivity contribution in [3.63, 3.8) is 0 Å². The normalized spacial score (nSPS) is 15.7. The Bertz CT molecular complexity index is 2200. The molecule has 0 fully saturated rings. The predicted octanol–water partition coefficient (Wildman–Crippen LogP) is -2.03. The Balaban J connectivity index is 0.00000392. The van der Waals surface area contributed by atoms with Crippen molar-refractivity contribution in [3.8, 4) is 17.9 Å². The van der Waals surface area contributed by atoms with E-state index in [9.17, 15) is 25.9 Å². The summed E-state index contributed by atoms with van der Waals surface area (Å²) < 4.78 is 74.1. The molecule has 0 aromatic heterocycles. The van der Waals surface area contributed by atoms with Gasteiger partial charge in [-0.25, -0.2) is 26.8 Å². The first-order chi connectivity index (χ1) is 24.5. The van der Waals surface area contributed by atoms with Gasteiger partial charge in [0.1, 0.15) is 31.7 Å². The van der Waals surface area contributed by atoms with Gasteiger partial charge < -0.3 is 24.1 Å². The Kier molecular flexibility index (Phi) is 16.5. The maximum Gasteiger partial charge on any atom is 1.00 e. The molecule has 16 nitrogen and oxygen atoms in total. The first-order valence-corrected chi connectivity index (χ1v) is 18.7. The number of aliphatic imine (C=N–C) groups is 2. The topological polar surface area (TPSA) is 239 Å². The molecule has 0 bridgehead atoms. The van der Waals surface area contributed by atoms with Gasteiger partial charge in [-0.15, -0.1) is 0 Å². The average molecular weight is 824 g/mol. The molecule has 0 amide bonds. The molecular formula is C34H35K2N9O7S2. The zero-order chi connectivity index (χ0) is 37.8. The van der Waals surface area contributed by atoms with Gasteiger partial charge >= 0.3 is 103 Å². The van der Waals surface area contributed by atoms with Crippen LogP contribution in [0.4, 0.5) is 17.1 Å². The minimum absolute atomic E-state index is 0. The summed E-state index contributed by atoms with van der Waals surface area (Å²) in [4.78, 5) is 10.2. The van der Waals surface area contributed by atoms with E-state index < -0.39 is 36.2 Å². The quantitative estimate of drug-likeness (QED) is 0.108. The van der Waals surface area contributed by atoms with E-state index in [1.165, 1.54) is 0 Å². The first kappa shape index (κ1) is 46.1. The number of amidine groups is 1. The van der Waals surface area contributed by atoms with E-state index >= 15 is 0 Å². The van der Waals surface area contributed by atoms with Gasteiger partial charge in [-0.3, -0.25) is 5.43 Å². The molecular weight excluding hydrogens is 789 g/mol. The van der Waals surface area contributed by atoms with E-state index in [1.54, 1.807) is 29.4 Å². The molecule has 0 aliphatic carbocycles. The Morgan fingerprint density at radius 1 is 0.944 bits per heavy atom. The van der Waals surface area contributed by atoms with Crippen LogP contribution in [0.5, 0.6) is 5.75 Å². The van der Waals surface area contributed by atoms with E-state index in [-0.39, 0.29) is 121 Å². The van der Waals surface area contributed by atoms with Crippen molar-refractivity contribution in [3.05, 3.63) is 71.8 Å². The van der Waals surface area contributed by atoms with Gasteiger partial charge in [-0.05, 0) is 73.2 Å².